The molecular weight excluding hydrogens is 469 g/mol. The summed E-state index contributed by atoms with van der Waals surface area (Å²) in [5.74, 6) is 1.91. The first kappa shape index (κ1) is 24.6. The Morgan fingerprint density at radius 2 is 1.82 bits per heavy atom. The van der Waals surface area contributed by atoms with Crippen molar-refractivity contribution in [3.63, 3.8) is 0 Å². The van der Waals surface area contributed by atoms with Crippen LogP contribution in [0.5, 0.6) is 0 Å². The highest BCUT2D eigenvalue weighted by molar-refractivity contribution is 14.0. The van der Waals surface area contributed by atoms with Gasteiger partial charge in [0, 0.05) is 40.4 Å². The number of para-hydroxylation sites is 2. The standard InChI is InChI=1S/C20H33N5O2.HI/c1-17-24-18-9-4-5-10-19(18)25(17)13-8-12-23-20(21-2)22-11-6-7-14-27-16-15-26-3;/h4-5,9-10H,6-8,11-16H2,1-3H3,(H2,21,22,23);1H. The molecule has 8 heteroatoms. The first-order valence-electron chi connectivity index (χ1n) is 9.69. The van der Waals surface area contributed by atoms with Gasteiger partial charge in [0.05, 0.1) is 24.2 Å². The van der Waals surface area contributed by atoms with Crippen molar-refractivity contribution in [2.45, 2.75) is 32.7 Å². The number of guanidine groups is 1. The third-order valence-electron chi connectivity index (χ3n) is 4.36. The number of unbranched alkanes of at least 4 members (excludes halogenated alkanes) is 1. The Hall–Kier alpha value is -1.39. The lowest BCUT2D eigenvalue weighted by Crippen LogP contribution is -2.38. The van der Waals surface area contributed by atoms with Crippen LogP contribution in [0, 0.1) is 6.92 Å². The van der Waals surface area contributed by atoms with Crippen LogP contribution in [0.1, 0.15) is 25.1 Å². The molecule has 0 aliphatic carbocycles. The van der Waals surface area contributed by atoms with Gasteiger partial charge in [0.2, 0.25) is 0 Å². The van der Waals surface area contributed by atoms with Gasteiger partial charge in [0.25, 0.3) is 0 Å². The Kier molecular flexibility index (Phi) is 12.8. The van der Waals surface area contributed by atoms with E-state index in [2.05, 4.69) is 50.3 Å². The van der Waals surface area contributed by atoms with Crippen LogP contribution in [0.2, 0.25) is 0 Å². The van der Waals surface area contributed by atoms with Crippen molar-refractivity contribution in [3.8, 4) is 0 Å². The van der Waals surface area contributed by atoms with Gasteiger partial charge in [-0.3, -0.25) is 4.99 Å². The lowest BCUT2D eigenvalue weighted by molar-refractivity contribution is 0.0689. The van der Waals surface area contributed by atoms with Crippen LogP contribution in [0.15, 0.2) is 29.3 Å². The monoisotopic (exact) mass is 503 g/mol. The summed E-state index contributed by atoms with van der Waals surface area (Å²) in [4.78, 5) is 8.89. The molecule has 0 unspecified atom stereocenters. The number of aromatic nitrogens is 2. The van der Waals surface area contributed by atoms with Crippen molar-refractivity contribution >= 4 is 41.0 Å². The number of nitrogens with zero attached hydrogens (tertiary/aromatic N) is 3. The van der Waals surface area contributed by atoms with Crippen molar-refractivity contribution in [1.29, 1.82) is 0 Å². The van der Waals surface area contributed by atoms with Gasteiger partial charge in [0.1, 0.15) is 5.82 Å². The smallest absolute Gasteiger partial charge is 0.190 e. The molecule has 1 heterocycles. The Balaban J connectivity index is 0.00000392. The van der Waals surface area contributed by atoms with Gasteiger partial charge in [-0.25, -0.2) is 4.98 Å². The van der Waals surface area contributed by atoms with Crippen LogP contribution < -0.4 is 10.6 Å². The second kappa shape index (κ2) is 14.6. The van der Waals surface area contributed by atoms with E-state index in [-0.39, 0.29) is 24.0 Å². The molecule has 7 nitrogen and oxygen atoms in total. The predicted molar refractivity (Wildman–Crippen MR) is 126 cm³/mol. The van der Waals surface area contributed by atoms with Crippen molar-refractivity contribution in [2.75, 3.05) is 47.1 Å². The van der Waals surface area contributed by atoms with Crippen LogP contribution in [-0.4, -0.2) is 62.6 Å². The molecule has 0 bridgehead atoms. The quantitative estimate of drug-likeness (QED) is 0.202. The number of nitrogens with one attached hydrogen (secondary N) is 2. The number of fused-ring (bicyclic) bond motifs is 1. The molecule has 2 N–H and O–H groups in total. The van der Waals surface area contributed by atoms with Gasteiger partial charge in [0.15, 0.2) is 5.96 Å². The summed E-state index contributed by atoms with van der Waals surface area (Å²) in [6.45, 7) is 6.85. The Bertz CT molecular complexity index is 705. The van der Waals surface area contributed by atoms with Gasteiger partial charge < -0.3 is 24.7 Å². The summed E-state index contributed by atoms with van der Waals surface area (Å²) < 4.78 is 12.7. The molecule has 158 valence electrons. The van der Waals surface area contributed by atoms with Crippen LogP contribution in [0.3, 0.4) is 0 Å². The minimum absolute atomic E-state index is 0. The van der Waals surface area contributed by atoms with E-state index in [4.69, 9.17) is 9.47 Å². The maximum atomic E-state index is 5.46. The van der Waals surface area contributed by atoms with E-state index in [9.17, 15) is 0 Å². The fourth-order valence-corrected chi connectivity index (χ4v) is 2.92. The minimum atomic E-state index is 0. The van der Waals surface area contributed by atoms with E-state index >= 15 is 0 Å². The minimum Gasteiger partial charge on any atom is -0.382 e. The van der Waals surface area contributed by atoms with Gasteiger partial charge in [-0.15, -0.1) is 24.0 Å². The van der Waals surface area contributed by atoms with Crippen molar-refractivity contribution in [1.82, 2.24) is 20.2 Å². The topological polar surface area (TPSA) is 72.7 Å². The van der Waals surface area contributed by atoms with Crippen molar-refractivity contribution in [2.24, 2.45) is 4.99 Å². The number of hydrogen-bond donors (Lipinski definition) is 2. The van der Waals surface area contributed by atoms with Gasteiger partial charge in [-0.1, -0.05) is 12.1 Å². The Morgan fingerprint density at radius 3 is 2.57 bits per heavy atom. The van der Waals surface area contributed by atoms with Crippen LogP contribution in [0.4, 0.5) is 0 Å². The zero-order valence-electron chi connectivity index (χ0n) is 17.2. The van der Waals surface area contributed by atoms with Gasteiger partial charge >= 0.3 is 0 Å². The molecule has 1 aromatic heterocycles. The third kappa shape index (κ3) is 8.32. The normalized spacial score (nSPS) is 11.5. The zero-order chi connectivity index (χ0) is 19.3. The second-order valence-corrected chi connectivity index (χ2v) is 6.39. The number of benzene rings is 1. The summed E-state index contributed by atoms with van der Waals surface area (Å²) in [6.07, 6.45) is 3.09. The maximum absolute atomic E-state index is 5.46. The number of halogens is 1. The highest BCUT2D eigenvalue weighted by Crippen LogP contribution is 2.15. The SMILES string of the molecule is CN=C(NCCCCOCCOC)NCCCn1c(C)nc2ccccc21.I. The number of methoxy groups -OCH3 is 1. The molecule has 0 aliphatic heterocycles. The lowest BCUT2D eigenvalue weighted by Gasteiger charge is -2.12. The number of aliphatic imine (C=N–C) groups is 1. The zero-order valence-corrected chi connectivity index (χ0v) is 19.6. The highest BCUT2D eigenvalue weighted by atomic mass is 127. The molecule has 0 saturated carbocycles. The summed E-state index contributed by atoms with van der Waals surface area (Å²) in [7, 11) is 3.49. The Morgan fingerprint density at radius 1 is 1.07 bits per heavy atom. The number of imidazole rings is 1. The van der Waals surface area contributed by atoms with E-state index < -0.39 is 0 Å². The van der Waals surface area contributed by atoms with E-state index in [1.165, 1.54) is 5.52 Å². The molecular formula is C20H34IN5O2. The largest absolute Gasteiger partial charge is 0.382 e. The molecule has 0 atom stereocenters. The average molecular weight is 503 g/mol. The summed E-state index contributed by atoms with van der Waals surface area (Å²) in [5.41, 5.74) is 2.26. The fraction of sp³-hybridized carbons (Fsp3) is 0.600. The van der Waals surface area contributed by atoms with Crippen LogP contribution in [-0.2, 0) is 16.0 Å². The maximum Gasteiger partial charge on any atom is 0.190 e. The molecule has 28 heavy (non-hydrogen) atoms. The van der Waals surface area contributed by atoms with E-state index in [0.717, 1.165) is 62.8 Å². The number of rotatable bonds is 12. The van der Waals surface area contributed by atoms with E-state index in [1.54, 1.807) is 14.2 Å². The Labute approximate surface area is 185 Å². The third-order valence-corrected chi connectivity index (χ3v) is 4.36. The van der Waals surface area contributed by atoms with Crippen molar-refractivity contribution < 1.29 is 9.47 Å². The first-order chi connectivity index (χ1) is 13.3. The van der Waals surface area contributed by atoms with E-state index in [0.29, 0.717) is 13.2 Å². The van der Waals surface area contributed by atoms with Gasteiger partial charge in [-0.05, 0) is 38.3 Å². The molecule has 0 saturated heterocycles. The molecule has 2 rings (SSSR count). The molecule has 0 fully saturated rings. The number of ether oxygens (including phenoxy) is 2. The molecule has 0 amide bonds. The predicted octanol–water partition coefficient (Wildman–Crippen LogP) is 2.96. The summed E-state index contributed by atoms with van der Waals surface area (Å²) in [5, 5.41) is 6.72. The molecule has 1 aromatic carbocycles. The number of aryl methyl sites for hydroxylation is 2. The van der Waals surface area contributed by atoms with Gasteiger partial charge in [-0.2, -0.15) is 0 Å². The molecule has 0 radical (unpaired) electrons. The first-order valence-corrected chi connectivity index (χ1v) is 9.69. The van der Waals surface area contributed by atoms with E-state index in [1.807, 2.05) is 6.07 Å². The fourth-order valence-electron chi connectivity index (χ4n) is 2.92. The van der Waals surface area contributed by atoms with Crippen molar-refractivity contribution in [3.05, 3.63) is 30.1 Å². The molecule has 0 spiro atoms. The molecule has 2 aromatic rings. The van der Waals surface area contributed by atoms with Crippen LogP contribution in [0.25, 0.3) is 11.0 Å². The molecule has 0 aliphatic rings. The second-order valence-electron chi connectivity index (χ2n) is 6.39. The summed E-state index contributed by atoms with van der Waals surface area (Å²) in [6, 6.07) is 8.28. The van der Waals surface area contributed by atoms with Crippen LogP contribution >= 0.6 is 24.0 Å². The number of hydrogen-bond acceptors (Lipinski definition) is 4. The average Bonchev–Trinajstić information content (AvgIpc) is 3.00. The lowest BCUT2D eigenvalue weighted by atomic mass is 10.3. The highest BCUT2D eigenvalue weighted by Gasteiger charge is 2.06. The summed E-state index contributed by atoms with van der Waals surface area (Å²) >= 11 is 0.